The summed E-state index contributed by atoms with van der Waals surface area (Å²) >= 11 is 0. The molecule has 1 heterocycles. The van der Waals surface area contributed by atoms with Gasteiger partial charge in [-0.25, -0.2) is 8.78 Å². The van der Waals surface area contributed by atoms with E-state index in [1.54, 1.807) is 0 Å². The second-order valence-electron chi connectivity index (χ2n) is 4.40. The fourth-order valence-corrected chi connectivity index (χ4v) is 2.03. The third-order valence-electron chi connectivity index (χ3n) is 3.12. The smallest absolute Gasteiger partial charge is 0.130 e. The highest BCUT2D eigenvalue weighted by Gasteiger charge is 2.15. The van der Waals surface area contributed by atoms with Gasteiger partial charge in [0.1, 0.15) is 11.6 Å². The largest absolute Gasteiger partial charge is 0.381 e. The van der Waals surface area contributed by atoms with Crippen molar-refractivity contribution >= 4 is 0 Å². The molecule has 0 radical (unpaired) electrons. The maximum atomic E-state index is 13.3. The van der Waals surface area contributed by atoms with Crippen molar-refractivity contribution < 1.29 is 13.5 Å². The summed E-state index contributed by atoms with van der Waals surface area (Å²) in [6, 6.07) is 3.94. The molecule has 4 heteroatoms. The van der Waals surface area contributed by atoms with E-state index < -0.39 is 11.6 Å². The fraction of sp³-hybridized carbons (Fsp3) is 0.538. The van der Waals surface area contributed by atoms with Gasteiger partial charge in [-0.3, -0.25) is 0 Å². The Morgan fingerprint density at radius 3 is 2.71 bits per heavy atom. The lowest BCUT2D eigenvalue weighted by Gasteiger charge is -2.09. The maximum Gasteiger partial charge on any atom is 0.130 e. The Balaban J connectivity index is 1.74. The normalized spacial score (nSPS) is 19.8. The number of rotatable bonds is 5. The third kappa shape index (κ3) is 3.48. The van der Waals surface area contributed by atoms with Crippen LogP contribution in [0.3, 0.4) is 0 Å². The van der Waals surface area contributed by atoms with Crippen LogP contribution in [0.2, 0.25) is 0 Å². The number of halogens is 2. The zero-order chi connectivity index (χ0) is 12.1. The van der Waals surface area contributed by atoms with Crippen LogP contribution >= 0.6 is 0 Å². The van der Waals surface area contributed by atoms with Gasteiger partial charge in [-0.1, -0.05) is 6.07 Å². The molecule has 1 aromatic carbocycles. The van der Waals surface area contributed by atoms with Gasteiger partial charge >= 0.3 is 0 Å². The average molecular weight is 241 g/mol. The van der Waals surface area contributed by atoms with Crippen molar-refractivity contribution in [2.75, 3.05) is 19.8 Å². The van der Waals surface area contributed by atoms with Gasteiger partial charge in [-0.15, -0.1) is 0 Å². The molecular weight excluding hydrogens is 224 g/mol. The first kappa shape index (κ1) is 12.5. The molecule has 1 fully saturated rings. The lowest BCUT2D eigenvalue weighted by molar-refractivity contribution is 0.184. The Morgan fingerprint density at radius 1 is 1.29 bits per heavy atom. The molecule has 0 aliphatic carbocycles. The number of nitrogens with one attached hydrogen (secondary N) is 1. The van der Waals surface area contributed by atoms with Gasteiger partial charge in [0.15, 0.2) is 0 Å². The molecule has 2 nitrogen and oxygen atoms in total. The van der Waals surface area contributed by atoms with Crippen LogP contribution in [0.15, 0.2) is 18.2 Å². The molecule has 94 valence electrons. The summed E-state index contributed by atoms with van der Waals surface area (Å²) in [6.07, 6.45) is 2.09. The number of benzene rings is 1. The van der Waals surface area contributed by atoms with Gasteiger partial charge in [0.25, 0.3) is 0 Å². The molecule has 2 rings (SSSR count). The Bertz CT molecular complexity index is 344. The summed E-state index contributed by atoms with van der Waals surface area (Å²) in [7, 11) is 0. The number of ether oxygens (including phenoxy) is 1. The van der Waals surface area contributed by atoms with Gasteiger partial charge < -0.3 is 10.1 Å². The highest BCUT2D eigenvalue weighted by Crippen LogP contribution is 2.16. The quantitative estimate of drug-likeness (QED) is 0.800. The molecule has 1 aliphatic heterocycles. The van der Waals surface area contributed by atoms with Crippen molar-refractivity contribution in [2.24, 2.45) is 5.92 Å². The highest BCUT2D eigenvalue weighted by molar-refractivity contribution is 5.19. The van der Waals surface area contributed by atoms with E-state index in [1.807, 2.05) is 0 Å². The molecule has 1 saturated heterocycles. The van der Waals surface area contributed by atoms with Crippen LogP contribution in [0.25, 0.3) is 0 Å². The molecule has 0 saturated carbocycles. The van der Waals surface area contributed by atoms with E-state index in [0.717, 1.165) is 32.6 Å². The van der Waals surface area contributed by atoms with Crippen LogP contribution in [0.5, 0.6) is 0 Å². The molecule has 0 amide bonds. The van der Waals surface area contributed by atoms with Crippen LogP contribution in [0.1, 0.15) is 18.4 Å². The Labute approximate surface area is 100.0 Å². The molecule has 1 atom stereocenters. The van der Waals surface area contributed by atoms with Crippen molar-refractivity contribution in [3.63, 3.8) is 0 Å². The van der Waals surface area contributed by atoms with E-state index in [2.05, 4.69) is 5.32 Å². The van der Waals surface area contributed by atoms with Gasteiger partial charge in [-0.05, 0) is 37.4 Å². The van der Waals surface area contributed by atoms with E-state index in [-0.39, 0.29) is 12.1 Å². The molecule has 1 unspecified atom stereocenters. The highest BCUT2D eigenvalue weighted by atomic mass is 19.1. The van der Waals surface area contributed by atoms with E-state index in [9.17, 15) is 8.78 Å². The van der Waals surface area contributed by atoms with Crippen LogP contribution < -0.4 is 5.32 Å². The summed E-state index contributed by atoms with van der Waals surface area (Å²) in [5.74, 6) is -0.378. The molecular formula is C13H17F2NO. The molecule has 17 heavy (non-hydrogen) atoms. The molecule has 1 N–H and O–H groups in total. The standard InChI is InChI=1S/C13H17F2NO/c14-12-2-1-3-13(15)11(12)8-16-6-4-10-5-7-17-9-10/h1-3,10,16H,4-9H2. The summed E-state index contributed by atoms with van der Waals surface area (Å²) in [4.78, 5) is 0. The maximum absolute atomic E-state index is 13.3. The summed E-state index contributed by atoms with van der Waals surface area (Å²) in [6.45, 7) is 2.66. The SMILES string of the molecule is Fc1cccc(F)c1CNCCC1CCOC1. The monoisotopic (exact) mass is 241 g/mol. The predicted molar refractivity (Wildman–Crippen MR) is 61.6 cm³/mol. The van der Waals surface area contributed by atoms with Crippen LogP contribution in [0.4, 0.5) is 8.78 Å². The van der Waals surface area contributed by atoms with E-state index in [1.165, 1.54) is 18.2 Å². The molecule has 0 bridgehead atoms. The minimum absolute atomic E-state index is 0.121. The zero-order valence-electron chi connectivity index (χ0n) is 9.72. The fourth-order valence-electron chi connectivity index (χ4n) is 2.03. The van der Waals surface area contributed by atoms with Crippen LogP contribution in [0, 0.1) is 17.6 Å². The predicted octanol–water partition coefficient (Wildman–Crippen LogP) is 2.48. The second-order valence-corrected chi connectivity index (χ2v) is 4.40. The van der Waals surface area contributed by atoms with Gasteiger partial charge in [0, 0.05) is 25.3 Å². The molecule has 1 aromatic rings. The Hall–Kier alpha value is -1.00. The Morgan fingerprint density at radius 2 is 2.06 bits per heavy atom. The summed E-state index contributed by atoms with van der Waals surface area (Å²) < 4.78 is 31.8. The number of hydrogen-bond acceptors (Lipinski definition) is 2. The van der Waals surface area contributed by atoms with Crippen molar-refractivity contribution in [2.45, 2.75) is 19.4 Å². The third-order valence-corrected chi connectivity index (χ3v) is 3.12. The van der Waals surface area contributed by atoms with E-state index in [4.69, 9.17) is 4.74 Å². The van der Waals surface area contributed by atoms with Crippen molar-refractivity contribution in [1.29, 1.82) is 0 Å². The first-order chi connectivity index (χ1) is 8.27. The van der Waals surface area contributed by atoms with E-state index >= 15 is 0 Å². The van der Waals surface area contributed by atoms with Gasteiger partial charge in [-0.2, -0.15) is 0 Å². The summed E-state index contributed by atoms with van der Waals surface area (Å²) in [5, 5.41) is 3.07. The van der Waals surface area contributed by atoms with Crippen molar-refractivity contribution in [3.8, 4) is 0 Å². The van der Waals surface area contributed by atoms with Crippen molar-refractivity contribution in [3.05, 3.63) is 35.4 Å². The topological polar surface area (TPSA) is 21.3 Å². The first-order valence-corrected chi connectivity index (χ1v) is 5.98. The second kappa shape index (κ2) is 6.07. The minimum Gasteiger partial charge on any atom is -0.381 e. The van der Waals surface area contributed by atoms with Gasteiger partial charge in [0.2, 0.25) is 0 Å². The first-order valence-electron chi connectivity index (χ1n) is 5.98. The minimum atomic E-state index is -0.485. The van der Waals surface area contributed by atoms with Gasteiger partial charge in [0.05, 0.1) is 0 Å². The van der Waals surface area contributed by atoms with Crippen LogP contribution in [-0.2, 0) is 11.3 Å². The van der Waals surface area contributed by atoms with Crippen LogP contribution in [-0.4, -0.2) is 19.8 Å². The molecule has 1 aliphatic rings. The zero-order valence-corrected chi connectivity index (χ0v) is 9.72. The lowest BCUT2D eigenvalue weighted by Crippen LogP contribution is -2.19. The van der Waals surface area contributed by atoms with E-state index in [0.29, 0.717) is 5.92 Å². The number of hydrogen-bond donors (Lipinski definition) is 1. The lowest BCUT2D eigenvalue weighted by atomic mass is 10.1. The average Bonchev–Trinajstić information content (AvgIpc) is 2.80. The van der Waals surface area contributed by atoms with Crippen molar-refractivity contribution in [1.82, 2.24) is 5.32 Å². The molecule has 0 spiro atoms. The summed E-state index contributed by atoms with van der Waals surface area (Å²) in [5.41, 5.74) is 0.121. The Kier molecular flexibility index (Phi) is 4.45. The molecule has 0 aromatic heterocycles.